The molecule has 0 radical (unpaired) electrons. The third-order valence-electron chi connectivity index (χ3n) is 2.97. The molecule has 0 fully saturated rings. The number of rotatable bonds is 4. The molecule has 0 spiro atoms. The van der Waals surface area contributed by atoms with E-state index in [0.29, 0.717) is 11.6 Å². The molecule has 0 aliphatic carbocycles. The van der Waals surface area contributed by atoms with Crippen LogP contribution < -0.4 is 10.6 Å². The van der Waals surface area contributed by atoms with Gasteiger partial charge in [-0.25, -0.2) is 9.97 Å². The van der Waals surface area contributed by atoms with Crippen molar-refractivity contribution in [1.82, 2.24) is 9.97 Å². The number of thiophene rings is 1. The highest BCUT2D eigenvalue weighted by Crippen LogP contribution is 2.26. The molecule has 19 heavy (non-hydrogen) atoms. The molecule has 2 rings (SSSR count). The van der Waals surface area contributed by atoms with Crippen LogP contribution in [0.2, 0.25) is 0 Å². The first-order chi connectivity index (χ1) is 8.99. The quantitative estimate of drug-likeness (QED) is 0.663. The van der Waals surface area contributed by atoms with Gasteiger partial charge in [-0.2, -0.15) is 0 Å². The molecule has 0 aromatic carbocycles. The van der Waals surface area contributed by atoms with Gasteiger partial charge >= 0.3 is 0 Å². The lowest BCUT2D eigenvalue weighted by atomic mass is 10.2. The number of nitrogen functional groups attached to an aromatic ring is 1. The summed E-state index contributed by atoms with van der Waals surface area (Å²) in [5, 5.41) is 9.54. The van der Waals surface area contributed by atoms with E-state index in [0.717, 1.165) is 5.69 Å². The standard InChI is InChI=1S/C13H17N5S/c1-8-7-10(12(14)15)17-13(16-8)18(3)9(2)11-5-4-6-19-11/h4-7,9H,1-3H3,(H3,14,15). The van der Waals surface area contributed by atoms with Crippen LogP contribution in [0.3, 0.4) is 0 Å². The normalized spacial score (nSPS) is 12.2. The summed E-state index contributed by atoms with van der Waals surface area (Å²) in [6.07, 6.45) is 0. The summed E-state index contributed by atoms with van der Waals surface area (Å²) in [6, 6.07) is 6.02. The van der Waals surface area contributed by atoms with Gasteiger partial charge in [-0.3, -0.25) is 5.41 Å². The second-order valence-electron chi connectivity index (χ2n) is 4.41. The number of anilines is 1. The fraction of sp³-hybridized carbons (Fsp3) is 0.308. The zero-order valence-electron chi connectivity index (χ0n) is 11.2. The second-order valence-corrected chi connectivity index (χ2v) is 5.39. The van der Waals surface area contributed by atoms with Crippen molar-refractivity contribution in [2.24, 2.45) is 5.73 Å². The largest absolute Gasteiger partial charge is 0.382 e. The highest BCUT2D eigenvalue weighted by molar-refractivity contribution is 7.10. The molecule has 0 saturated carbocycles. The highest BCUT2D eigenvalue weighted by atomic mass is 32.1. The van der Waals surface area contributed by atoms with E-state index in [2.05, 4.69) is 28.3 Å². The van der Waals surface area contributed by atoms with Crippen LogP contribution in [-0.2, 0) is 0 Å². The molecule has 0 aliphatic heterocycles. The Balaban J connectivity index is 2.33. The van der Waals surface area contributed by atoms with Gasteiger partial charge in [0.05, 0.1) is 6.04 Å². The average molecular weight is 275 g/mol. The fourth-order valence-electron chi connectivity index (χ4n) is 1.74. The molecule has 100 valence electrons. The van der Waals surface area contributed by atoms with Crippen molar-refractivity contribution >= 4 is 23.1 Å². The monoisotopic (exact) mass is 275 g/mol. The lowest BCUT2D eigenvalue weighted by Crippen LogP contribution is -2.25. The molecule has 6 heteroatoms. The van der Waals surface area contributed by atoms with Crippen LogP contribution in [0.4, 0.5) is 5.95 Å². The third-order valence-corrected chi connectivity index (χ3v) is 4.01. The summed E-state index contributed by atoms with van der Waals surface area (Å²) in [5.74, 6) is 0.551. The van der Waals surface area contributed by atoms with Gasteiger partial charge in [-0.1, -0.05) is 6.07 Å². The number of nitrogens with zero attached hydrogens (tertiary/aromatic N) is 3. The molecule has 2 aromatic rings. The fourth-order valence-corrected chi connectivity index (χ4v) is 2.57. The average Bonchev–Trinajstić information content (AvgIpc) is 2.90. The Morgan fingerprint density at radius 1 is 1.47 bits per heavy atom. The van der Waals surface area contributed by atoms with E-state index >= 15 is 0 Å². The van der Waals surface area contributed by atoms with E-state index in [9.17, 15) is 0 Å². The summed E-state index contributed by atoms with van der Waals surface area (Å²) >= 11 is 1.70. The lowest BCUT2D eigenvalue weighted by Gasteiger charge is -2.24. The van der Waals surface area contributed by atoms with Crippen molar-refractivity contribution in [3.05, 3.63) is 39.8 Å². The predicted molar refractivity (Wildman–Crippen MR) is 78.9 cm³/mol. The van der Waals surface area contributed by atoms with Gasteiger partial charge < -0.3 is 10.6 Å². The maximum Gasteiger partial charge on any atom is 0.226 e. The molecule has 1 atom stereocenters. The van der Waals surface area contributed by atoms with Gasteiger partial charge in [0.15, 0.2) is 0 Å². The predicted octanol–water partition coefficient (Wildman–Crippen LogP) is 2.33. The Morgan fingerprint density at radius 3 is 2.79 bits per heavy atom. The zero-order chi connectivity index (χ0) is 14.0. The van der Waals surface area contributed by atoms with Gasteiger partial charge in [-0.05, 0) is 31.4 Å². The molecular weight excluding hydrogens is 258 g/mol. The minimum atomic E-state index is -0.0380. The van der Waals surface area contributed by atoms with Crippen molar-refractivity contribution in [2.75, 3.05) is 11.9 Å². The number of aromatic nitrogens is 2. The van der Waals surface area contributed by atoms with Crippen molar-refractivity contribution in [3.8, 4) is 0 Å². The van der Waals surface area contributed by atoms with Crippen LogP contribution in [0.1, 0.15) is 29.2 Å². The summed E-state index contributed by atoms with van der Waals surface area (Å²) in [5.41, 5.74) is 6.77. The van der Waals surface area contributed by atoms with Gasteiger partial charge in [0.1, 0.15) is 11.5 Å². The Hall–Kier alpha value is -1.95. The van der Waals surface area contributed by atoms with Crippen molar-refractivity contribution in [3.63, 3.8) is 0 Å². The topological polar surface area (TPSA) is 78.9 Å². The minimum absolute atomic E-state index is 0.0380. The summed E-state index contributed by atoms with van der Waals surface area (Å²) in [6.45, 7) is 3.98. The van der Waals surface area contributed by atoms with E-state index in [1.165, 1.54) is 4.88 Å². The van der Waals surface area contributed by atoms with Crippen LogP contribution in [0, 0.1) is 12.3 Å². The highest BCUT2D eigenvalue weighted by Gasteiger charge is 2.16. The number of amidine groups is 1. The van der Waals surface area contributed by atoms with Gasteiger partial charge in [0.2, 0.25) is 5.95 Å². The van der Waals surface area contributed by atoms with E-state index in [4.69, 9.17) is 11.1 Å². The molecule has 5 nitrogen and oxygen atoms in total. The molecule has 0 amide bonds. The van der Waals surface area contributed by atoms with Crippen LogP contribution in [0.15, 0.2) is 23.6 Å². The van der Waals surface area contributed by atoms with Gasteiger partial charge in [-0.15, -0.1) is 11.3 Å². The molecule has 0 saturated heterocycles. The Morgan fingerprint density at radius 2 is 2.21 bits per heavy atom. The summed E-state index contributed by atoms with van der Waals surface area (Å²) in [4.78, 5) is 12.0. The van der Waals surface area contributed by atoms with Gasteiger partial charge in [0.25, 0.3) is 0 Å². The van der Waals surface area contributed by atoms with Crippen LogP contribution in [-0.4, -0.2) is 22.9 Å². The Labute approximate surface area is 116 Å². The molecule has 2 aromatic heterocycles. The van der Waals surface area contributed by atoms with E-state index in [1.54, 1.807) is 17.4 Å². The summed E-state index contributed by atoms with van der Waals surface area (Å²) < 4.78 is 0. The molecule has 2 heterocycles. The van der Waals surface area contributed by atoms with Crippen molar-refractivity contribution in [1.29, 1.82) is 5.41 Å². The first-order valence-corrected chi connectivity index (χ1v) is 6.83. The number of hydrogen-bond donors (Lipinski definition) is 2. The van der Waals surface area contributed by atoms with Crippen LogP contribution in [0.25, 0.3) is 0 Å². The third kappa shape index (κ3) is 2.90. The van der Waals surface area contributed by atoms with Gasteiger partial charge in [0, 0.05) is 17.6 Å². The van der Waals surface area contributed by atoms with Crippen LogP contribution >= 0.6 is 11.3 Å². The first-order valence-electron chi connectivity index (χ1n) is 5.95. The number of hydrogen-bond acceptors (Lipinski definition) is 5. The lowest BCUT2D eigenvalue weighted by molar-refractivity contribution is 0.724. The minimum Gasteiger partial charge on any atom is -0.382 e. The zero-order valence-corrected chi connectivity index (χ0v) is 12.0. The van der Waals surface area contributed by atoms with E-state index in [-0.39, 0.29) is 11.9 Å². The number of nitrogens with one attached hydrogen (secondary N) is 1. The SMILES string of the molecule is Cc1cc(C(=N)N)nc(N(C)C(C)c2cccs2)n1. The first kappa shape index (κ1) is 13.5. The van der Waals surface area contributed by atoms with Crippen molar-refractivity contribution < 1.29 is 0 Å². The molecule has 3 N–H and O–H groups in total. The smallest absolute Gasteiger partial charge is 0.226 e. The maximum atomic E-state index is 7.49. The molecule has 0 bridgehead atoms. The number of nitrogens with two attached hydrogens (primary N) is 1. The van der Waals surface area contributed by atoms with E-state index in [1.807, 2.05) is 24.9 Å². The van der Waals surface area contributed by atoms with Crippen molar-refractivity contribution in [2.45, 2.75) is 19.9 Å². The summed E-state index contributed by atoms with van der Waals surface area (Å²) in [7, 11) is 1.95. The number of aryl methyl sites for hydroxylation is 1. The molecule has 1 unspecified atom stereocenters. The van der Waals surface area contributed by atoms with Crippen LogP contribution in [0.5, 0.6) is 0 Å². The Bertz CT molecular complexity index is 579. The Kier molecular flexibility index (Phi) is 3.80. The molecular formula is C13H17N5S. The second kappa shape index (κ2) is 5.36. The van der Waals surface area contributed by atoms with E-state index < -0.39 is 0 Å². The molecule has 0 aliphatic rings. The maximum absolute atomic E-state index is 7.49.